The highest BCUT2D eigenvalue weighted by Gasteiger charge is 2.39. The molecule has 6 atom stereocenters. The van der Waals surface area contributed by atoms with Crippen LogP contribution in [-0.4, -0.2) is 45.8 Å². The van der Waals surface area contributed by atoms with Crippen molar-refractivity contribution in [2.45, 2.75) is 195 Å². The van der Waals surface area contributed by atoms with Gasteiger partial charge < -0.3 is 22.8 Å². The Balaban J connectivity index is 1.29. The number of thiazole rings is 1. The molecule has 6 unspecified atom stereocenters. The van der Waals surface area contributed by atoms with Gasteiger partial charge in [0.1, 0.15) is 33.7 Å². The molecule has 0 aliphatic carbocycles. The van der Waals surface area contributed by atoms with Gasteiger partial charge in [-0.1, -0.05) is 324 Å². The normalized spacial score (nSPS) is 14.6. The molecule has 0 saturated heterocycles. The second-order valence-corrected chi connectivity index (χ2v) is 39.8. The Kier molecular flexibility index (Phi) is 25.4. The zero-order valence-corrected chi connectivity index (χ0v) is 72.0. The standard InChI is InChI=1S/C101H120B2N6O3S/c1-67-50-55-87-85(56-67)107-96(113-87)83(64-104)93-88-89(92(108(93)102(77-38-26-22-27-39-77)78-40-28-23-29-41-78)73-37-35-47-82(58-73)111-66-75(71(5)63-100(15,16)17)52-49-69(3)61-98(9,10)11)94(90(105-21)95-106-84-59-76(101(18,19)20)53-54-86(84)112-95)109(103(79-42-30-24-31-43-79)80-44-32-25-33-45-80)91(88)72-36-34-46-81(57-72)110-65-74(70(4)62-99(12,13)14)51-48-68(2)60-97(6,7)8/h22-47,50,53-59,68-71,74-75H,48-49,51-52,60-63,65-66H2,1-20H3/b93-83-,94-90+. The predicted molar refractivity (Wildman–Crippen MR) is 480 cm³/mol. The number of nitriles is 1. The van der Waals surface area contributed by atoms with E-state index in [-0.39, 0.29) is 50.5 Å². The van der Waals surface area contributed by atoms with E-state index in [4.69, 9.17) is 28.7 Å². The molecular weight excluding hydrogens is 1400 g/mol. The summed E-state index contributed by atoms with van der Waals surface area (Å²) >= 11 is 1.53. The number of rotatable bonds is 28. The third kappa shape index (κ3) is 20.1. The summed E-state index contributed by atoms with van der Waals surface area (Å²) in [5, 5.41) is 16.2. The van der Waals surface area contributed by atoms with E-state index in [1.54, 1.807) is 0 Å². The van der Waals surface area contributed by atoms with Gasteiger partial charge in [0, 0.05) is 33.3 Å². The Labute approximate surface area is 680 Å². The molecule has 0 aliphatic rings. The number of fused-ring (bicyclic) bond motifs is 3. The molecule has 0 radical (unpaired) electrons. The molecule has 8 aromatic carbocycles. The lowest BCUT2D eigenvalue weighted by molar-refractivity contribution is 0.147. The predicted octanol–water partition coefficient (Wildman–Crippen LogP) is 23.1. The van der Waals surface area contributed by atoms with Gasteiger partial charge in [0.2, 0.25) is 5.89 Å². The van der Waals surface area contributed by atoms with Crippen molar-refractivity contribution in [3.8, 4) is 40.1 Å². The van der Waals surface area contributed by atoms with Gasteiger partial charge in [-0.2, -0.15) is 5.26 Å². The van der Waals surface area contributed by atoms with Crippen LogP contribution in [0.15, 0.2) is 211 Å². The Bertz CT molecular complexity index is 5300. The van der Waals surface area contributed by atoms with Crippen LogP contribution in [0.25, 0.3) is 70.7 Å². The minimum absolute atomic E-state index is 0.120. The average molecular weight is 1520 g/mol. The number of aromatic nitrogens is 4. The minimum atomic E-state index is -0.623. The summed E-state index contributed by atoms with van der Waals surface area (Å²) in [5.74, 6) is 4.04. The largest absolute Gasteiger partial charge is 0.493 e. The van der Waals surface area contributed by atoms with Gasteiger partial charge in [-0.25, -0.2) is 14.8 Å². The lowest BCUT2D eigenvalue weighted by Gasteiger charge is -2.31. The first-order chi connectivity index (χ1) is 53.6. The first kappa shape index (κ1) is 82.8. The third-order valence-electron chi connectivity index (χ3n) is 22.6. The molecule has 12 rings (SSSR count). The zero-order valence-electron chi connectivity index (χ0n) is 71.1. The quantitative estimate of drug-likeness (QED) is 0.0358. The lowest BCUT2D eigenvalue weighted by atomic mass is 9.50. The van der Waals surface area contributed by atoms with Crippen molar-refractivity contribution in [3.63, 3.8) is 0 Å². The van der Waals surface area contributed by atoms with Crippen molar-refractivity contribution < 1.29 is 13.9 Å². The topological polar surface area (TPSA) is 95.4 Å². The van der Waals surface area contributed by atoms with E-state index in [1.807, 2.05) is 6.07 Å². The molecule has 113 heavy (non-hydrogen) atoms. The Morgan fingerprint density at radius 1 is 0.496 bits per heavy atom. The van der Waals surface area contributed by atoms with Crippen LogP contribution in [0.2, 0.25) is 0 Å². The summed E-state index contributed by atoms with van der Waals surface area (Å²) in [7, 11) is 0. The first-order valence-electron chi connectivity index (χ1n) is 41.4. The molecule has 0 fully saturated rings. The minimum Gasteiger partial charge on any atom is -0.493 e. The van der Waals surface area contributed by atoms with E-state index >= 15 is 0 Å². The summed E-state index contributed by atoms with van der Waals surface area (Å²) < 4.78 is 27.8. The van der Waals surface area contributed by atoms with Crippen molar-refractivity contribution >= 4 is 90.2 Å². The number of nitrogens with zero attached hydrogens (tertiary/aromatic N) is 6. The monoisotopic (exact) mass is 1520 g/mol. The molecular formula is C101H120B2N6O3S. The van der Waals surface area contributed by atoms with Crippen LogP contribution >= 0.6 is 11.3 Å². The number of ether oxygens (including phenoxy) is 2. The number of hydrogen-bond donors (Lipinski definition) is 0. The fourth-order valence-electron chi connectivity index (χ4n) is 18.0. The van der Waals surface area contributed by atoms with Crippen LogP contribution < -0.4 is 42.0 Å². The molecule has 4 aromatic heterocycles. The highest BCUT2D eigenvalue weighted by atomic mass is 32.1. The molecule has 9 nitrogen and oxygen atoms in total. The average Bonchev–Trinajstić information content (AvgIpc) is 1.52. The van der Waals surface area contributed by atoms with E-state index < -0.39 is 13.7 Å². The van der Waals surface area contributed by atoms with Gasteiger partial charge in [-0.15, -0.1) is 11.3 Å². The third-order valence-corrected chi connectivity index (χ3v) is 23.7. The molecule has 584 valence electrons. The van der Waals surface area contributed by atoms with E-state index in [9.17, 15) is 11.8 Å². The molecule has 0 spiro atoms. The lowest BCUT2D eigenvalue weighted by Crippen LogP contribution is -2.54. The fraction of sp³-hybridized carbons (Fsp3) is 0.406. The summed E-state index contributed by atoms with van der Waals surface area (Å²) in [6.45, 7) is 56.6. The van der Waals surface area contributed by atoms with Crippen LogP contribution in [-0.2, 0) is 5.41 Å². The Morgan fingerprint density at radius 3 is 1.35 bits per heavy atom. The molecule has 0 N–H and O–H groups in total. The highest BCUT2D eigenvalue weighted by Crippen LogP contribution is 2.42. The van der Waals surface area contributed by atoms with Crippen LogP contribution in [0.3, 0.4) is 0 Å². The molecule has 0 amide bonds. The van der Waals surface area contributed by atoms with Crippen molar-refractivity contribution in [1.82, 2.24) is 18.9 Å². The zero-order chi connectivity index (χ0) is 80.9. The van der Waals surface area contributed by atoms with Gasteiger partial charge >= 0.3 is 13.7 Å². The maximum Gasteiger partial charge on any atom is 0.328 e. The number of hydrogen-bond acceptors (Lipinski definition) is 7. The second-order valence-electron chi connectivity index (χ2n) is 38.8. The SMILES string of the molecule is [C-]#[N+]/C(c1nc2cc(C(C)(C)C)ccc2o1)=c1\c2c(-c3cccc(OCC(CCC(C)CC(C)(C)C)C(C)CC(C)(C)C)c3)n(B(c3ccccc3)c3ccccc3)/c(=C(/C#N)c3nc4cc(C)ccc4s3)c2c(-c2cccc(OCC(CCC(C)CC(C)(C)C)C(C)CC(C)(C)C)c2)n1B(c1ccccc1)c1ccccc1. The van der Waals surface area contributed by atoms with E-state index in [1.165, 1.54) is 11.3 Å². The molecule has 0 bridgehead atoms. The molecule has 12 heteroatoms. The second kappa shape index (κ2) is 34.6. The van der Waals surface area contributed by atoms with Crippen LogP contribution in [0.1, 0.15) is 205 Å². The van der Waals surface area contributed by atoms with Gasteiger partial charge in [-0.05, 0) is 168 Å². The highest BCUT2D eigenvalue weighted by molar-refractivity contribution is 7.19. The summed E-state index contributed by atoms with van der Waals surface area (Å²) in [6.07, 6.45) is 8.72. The summed E-state index contributed by atoms with van der Waals surface area (Å²) in [5.41, 5.74) is 12.4. The molecule has 4 heterocycles. The number of aryl methyl sites for hydroxylation is 1. The summed E-state index contributed by atoms with van der Waals surface area (Å²) in [6, 6.07) is 75.6. The fourth-order valence-corrected chi connectivity index (χ4v) is 19.0. The van der Waals surface area contributed by atoms with Crippen molar-refractivity contribution in [3.05, 3.63) is 250 Å². The van der Waals surface area contributed by atoms with Crippen LogP contribution in [0, 0.1) is 82.0 Å². The van der Waals surface area contributed by atoms with Crippen molar-refractivity contribution in [1.29, 1.82) is 5.26 Å². The maximum atomic E-state index is 13.0. The van der Waals surface area contributed by atoms with Crippen molar-refractivity contribution in [2.24, 2.45) is 57.2 Å². The number of oxazole rings is 1. The van der Waals surface area contributed by atoms with E-state index in [0.717, 1.165) is 139 Å². The molecule has 12 aromatic rings. The van der Waals surface area contributed by atoms with E-state index in [0.29, 0.717) is 69.3 Å². The van der Waals surface area contributed by atoms with Crippen LogP contribution in [0.4, 0.5) is 0 Å². The summed E-state index contributed by atoms with van der Waals surface area (Å²) in [4.78, 5) is 15.9. The number of benzene rings is 8. The van der Waals surface area contributed by atoms with Gasteiger partial charge in [0.15, 0.2) is 5.58 Å². The molecule has 0 saturated carbocycles. The first-order valence-corrected chi connectivity index (χ1v) is 42.2. The Hall–Kier alpha value is -9.61. The molecule has 0 aliphatic heterocycles. The van der Waals surface area contributed by atoms with Gasteiger partial charge in [-0.3, -0.25) is 0 Å². The maximum absolute atomic E-state index is 13.0. The van der Waals surface area contributed by atoms with Gasteiger partial charge in [0.25, 0.3) is 5.70 Å². The van der Waals surface area contributed by atoms with Crippen LogP contribution in [0.5, 0.6) is 11.5 Å². The van der Waals surface area contributed by atoms with E-state index in [2.05, 4.69) is 354 Å². The smallest absolute Gasteiger partial charge is 0.328 e. The van der Waals surface area contributed by atoms with Crippen molar-refractivity contribution in [2.75, 3.05) is 13.2 Å². The van der Waals surface area contributed by atoms with Gasteiger partial charge in [0.05, 0.1) is 40.7 Å². The Morgan fingerprint density at radius 2 is 0.929 bits per heavy atom.